The average molecular weight is 847 g/mol. The van der Waals surface area contributed by atoms with E-state index in [1.54, 1.807) is 0 Å². The van der Waals surface area contributed by atoms with Crippen molar-refractivity contribution in [1.82, 2.24) is 0 Å². The molecule has 12 aromatic rings. The Morgan fingerprint density at radius 2 is 0.879 bits per heavy atom. The number of rotatable bonds is 7. The first-order chi connectivity index (χ1) is 32.3. The fourth-order valence-electron chi connectivity index (χ4n) is 11.6. The zero-order chi connectivity index (χ0) is 44.3. The molecule has 13 rings (SSSR count). The number of hydrogen-bond donors (Lipinski definition) is 0. The molecule has 12 aromatic carbocycles. The highest BCUT2D eigenvalue weighted by molar-refractivity contribution is 6.31. The molecule has 0 heterocycles. The van der Waals surface area contributed by atoms with E-state index in [-0.39, 0.29) is 11.3 Å². The molecular formula is C64H50N2. The molecule has 2 heteroatoms. The van der Waals surface area contributed by atoms with Gasteiger partial charge in [-0.25, -0.2) is 0 Å². The number of aryl methyl sites for hydroxylation is 1. The van der Waals surface area contributed by atoms with Gasteiger partial charge in [-0.3, -0.25) is 0 Å². The molecule has 0 unspecified atom stereocenters. The smallest absolute Gasteiger partial charge is 0.0543 e. The molecule has 1 aliphatic carbocycles. The lowest BCUT2D eigenvalue weighted by molar-refractivity contribution is 0.475. The number of nitrogens with zero attached hydrogens (tertiary/aromatic N) is 2. The molecule has 0 aliphatic heterocycles. The topological polar surface area (TPSA) is 6.48 Å². The fourth-order valence-corrected chi connectivity index (χ4v) is 11.6. The molecule has 0 amide bonds. The van der Waals surface area contributed by atoms with E-state index in [1.165, 1.54) is 115 Å². The molecule has 0 aromatic heterocycles. The van der Waals surface area contributed by atoms with E-state index in [0.29, 0.717) is 0 Å². The van der Waals surface area contributed by atoms with E-state index in [1.807, 2.05) is 0 Å². The first-order valence-electron chi connectivity index (χ1n) is 23.7. The Hall–Kier alpha value is -7.68. The zero-order valence-electron chi connectivity index (χ0n) is 37.9. The fraction of sp³-hybridized carbons (Fsp3) is 0.125. The van der Waals surface area contributed by atoms with Crippen LogP contribution in [0.2, 0.25) is 0 Å². The lowest BCUT2D eigenvalue weighted by atomic mass is 9.70. The van der Waals surface area contributed by atoms with Gasteiger partial charge in [0, 0.05) is 38.3 Å². The number of benzene rings is 12. The summed E-state index contributed by atoms with van der Waals surface area (Å²) in [6.45, 7) is 9.67. The summed E-state index contributed by atoms with van der Waals surface area (Å²) in [5.74, 6) is 0.284. The van der Waals surface area contributed by atoms with E-state index in [2.05, 4.69) is 238 Å². The summed E-state index contributed by atoms with van der Waals surface area (Å²) in [6.07, 6.45) is 2.09. The molecule has 316 valence electrons. The van der Waals surface area contributed by atoms with Crippen molar-refractivity contribution in [1.29, 1.82) is 0 Å². The second-order valence-corrected chi connectivity index (χ2v) is 19.6. The molecule has 2 nitrogen and oxygen atoms in total. The highest BCUT2D eigenvalue weighted by Crippen LogP contribution is 2.55. The van der Waals surface area contributed by atoms with Crippen molar-refractivity contribution in [3.05, 3.63) is 217 Å². The summed E-state index contributed by atoms with van der Waals surface area (Å²) in [7, 11) is 0. The first kappa shape index (κ1) is 38.8. The summed E-state index contributed by atoms with van der Waals surface area (Å²) in [6, 6.07) is 75.4. The zero-order valence-corrected chi connectivity index (χ0v) is 37.9. The Morgan fingerprint density at radius 3 is 1.45 bits per heavy atom. The van der Waals surface area contributed by atoms with Gasteiger partial charge in [0.15, 0.2) is 0 Å². The Labute approximate surface area is 386 Å². The highest BCUT2D eigenvalue weighted by Gasteiger charge is 2.34. The molecule has 0 bridgehead atoms. The van der Waals surface area contributed by atoms with Gasteiger partial charge in [-0.2, -0.15) is 0 Å². The van der Waals surface area contributed by atoms with E-state index in [0.717, 1.165) is 24.2 Å². The molecule has 0 atom stereocenters. The predicted molar refractivity (Wildman–Crippen MR) is 285 cm³/mol. The predicted octanol–water partition coefficient (Wildman–Crippen LogP) is 18.5. The van der Waals surface area contributed by atoms with Crippen molar-refractivity contribution >= 4 is 110 Å². The highest BCUT2D eigenvalue weighted by atomic mass is 15.2. The number of fused-ring (bicyclic) bond motifs is 4. The maximum atomic E-state index is 2.61. The molecule has 0 saturated heterocycles. The normalized spacial score (nSPS) is 13.6. The molecule has 0 N–H and O–H groups in total. The maximum Gasteiger partial charge on any atom is 0.0543 e. The van der Waals surface area contributed by atoms with Crippen molar-refractivity contribution in [2.75, 3.05) is 9.80 Å². The van der Waals surface area contributed by atoms with Gasteiger partial charge in [-0.1, -0.05) is 173 Å². The summed E-state index contributed by atoms with van der Waals surface area (Å²) in [5, 5.41) is 18.0. The summed E-state index contributed by atoms with van der Waals surface area (Å²) >= 11 is 0. The van der Waals surface area contributed by atoms with Crippen LogP contribution in [0.4, 0.5) is 34.1 Å². The van der Waals surface area contributed by atoms with Gasteiger partial charge in [0.1, 0.15) is 0 Å². The van der Waals surface area contributed by atoms with E-state index in [4.69, 9.17) is 0 Å². The minimum absolute atomic E-state index is 0.0316. The Kier molecular flexibility index (Phi) is 8.61. The van der Waals surface area contributed by atoms with Crippen molar-refractivity contribution in [3.63, 3.8) is 0 Å². The standard InChI is InChI=1S/C64H50N2/c1-40(2)54-39-60(66(49-30-28-42-16-6-8-20-46(42)36-49)58-26-14-22-44-18-10-12-24-51(44)58)55-38-56-61-47(33-34-64(56,3)4)37-59(53-32-31-52(54)62(55)63(53)61)65(48-29-27-41-15-5-7-19-45(41)35-48)57-25-13-21-43-17-9-11-23-50(43)57/h5-32,35-40H,33-34H2,1-4H3. The first-order valence-corrected chi connectivity index (χ1v) is 23.7. The third kappa shape index (κ3) is 5.87. The Balaban J connectivity index is 1.19. The molecule has 0 spiro atoms. The van der Waals surface area contributed by atoms with Crippen LogP contribution in [0.1, 0.15) is 56.7 Å². The van der Waals surface area contributed by atoms with Gasteiger partial charge < -0.3 is 9.80 Å². The second kappa shape index (κ2) is 14.7. The van der Waals surface area contributed by atoms with Gasteiger partial charge in [0.2, 0.25) is 0 Å². The van der Waals surface area contributed by atoms with Crippen LogP contribution in [0.25, 0.3) is 75.4 Å². The van der Waals surface area contributed by atoms with Crippen LogP contribution in [0, 0.1) is 0 Å². The Bertz CT molecular complexity index is 3900. The van der Waals surface area contributed by atoms with Crippen LogP contribution >= 0.6 is 0 Å². The summed E-state index contributed by atoms with van der Waals surface area (Å²) < 4.78 is 0. The van der Waals surface area contributed by atoms with Crippen LogP contribution < -0.4 is 9.80 Å². The van der Waals surface area contributed by atoms with Crippen molar-refractivity contribution < 1.29 is 0 Å². The van der Waals surface area contributed by atoms with Gasteiger partial charge in [-0.15, -0.1) is 0 Å². The summed E-state index contributed by atoms with van der Waals surface area (Å²) in [5.41, 5.74) is 11.3. The largest absolute Gasteiger partial charge is 0.309 e. The number of hydrogen-bond acceptors (Lipinski definition) is 2. The van der Waals surface area contributed by atoms with Crippen LogP contribution in [-0.4, -0.2) is 0 Å². The van der Waals surface area contributed by atoms with Crippen LogP contribution in [0.5, 0.6) is 0 Å². The monoisotopic (exact) mass is 846 g/mol. The quantitative estimate of drug-likeness (QED) is 0.147. The van der Waals surface area contributed by atoms with Crippen molar-refractivity contribution in [3.8, 4) is 0 Å². The number of anilines is 6. The lowest BCUT2D eigenvalue weighted by Crippen LogP contribution is -2.24. The maximum absolute atomic E-state index is 2.61. The SMILES string of the molecule is CC(C)c1cc(N(c2ccc3ccccc3c2)c2cccc3ccccc23)c2cc3c4c(cc(N(c5ccc6ccccc6c5)c5cccc6ccccc56)c5ccc1c2c54)CCC3(C)C. The lowest BCUT2D eigenvalue weighted by Gasteiger charge is -2.37. The van der Waals surface area contributed by atoms with Crippen molar-refractivity contribution in [2.45, 2.75) is 51.9 Å². The van der Waals surface area contributed by atoms with Gasteiger partial charge in [0.05, 0.1) is 22.7 Å². The third-order valence-electron chi connectivity index (χ3n) is 14.9. The second-order valence-electron chi connectivity index (χ2n) is 19.6. The molecule has 0 fully saturated rings. The minimum atomic E-state index is -0.0316. The molecule has 1 aliphatic rings. The van der Waals surface area contributed by atoms with Crippen molar-refractivity contribution in [2.24, 2.45) is 0 Å². The van der Waals surface area contributed by atoms with Crippen LogP contribution in [-0.2, 0) is 11.8 Å². The van der Waals surface area contributed by atoms with E-state index >= 15 is 0 Å². The minimum Gasteiger partial charge on any atom is -0.309 e. The van der Waals surface area contributed by atoms with Gasteiger partial charge in [0.25, 0.3) is 0 Å². The molecular weight excluding hydrogens is 797 g/mol. The van der Waals surface area contributed by atoms with Crippen LogP contribution in [0.3, 0.4) is 0 Å². The Morgan fingerprint density at radius 1 is 0.379 bits per heavy atom. The van der Waals surface area contributed by atoms with Gasteiger partial charge >= 0.3 is 0 Å². The molecule has 0 radical (unpaired) electrons. The molecule has 0 saturated carbocycles. The molecule has 66 heavy (non-hydrogen) atoms. The average Bonchev–Trinajstić information content (AvgIpc) is 3.35. The van der Waals surface area contributed by atoms with Gasteiger partial charge in [-0.05, 0) is 144 Å². The van der Waals surface area contributed by atoms with E-state index < -0.39 is 0 Å². The van der Waals surface area contributed by atoms with Crippen LogP contribution in [0.15, 0.2) is 200 Å². The van der Waals surface area contributed by atoms with E-state index in [9.17, 15) is 0 Å². The third-order valence-corrected chi connectivity index (χ3v) is 14.9. The summed E-state index contributed by atoms with van der Waals surface area (Å²) in [4.78, 5) is 5.15.